The molecule has 1 aromatic carbocycles. The van der Waals surface area contributed by atoms with E-state index >= 15 is 0 Å². The minimum absolute atomic E-state index is 0.0454. The maximum absolute atomic E-state index is 12.5. The first-order valence-electron chi connectivity index (χ1n) is 7.79. The van der Waals surface area contributed by atoms with Gasteiger partial charge in [0.1, 0.15) is 6.10 Å². The summed E-state index contributed by atoms with van der Waals surface area (Å²) in [6.07, 6.45) is 3.52. The highest BCUT2D eigenvalue weighted by atomic mass is 16.5. The minimum Gasteiger partial charge on any atom is -0.396 e. The summed E-state index contributed by atoms with van der Waals surface area (Å²) in [7, 11) is 0. The number of hydrogen-bond acceptors (Lipinski definition) is 3. The Bertz CT molecular complexity index is 431. The molecule has 1 atom stereocenters. The van der Waals surface area contributed by atoms with Gasteiger partial charge in [-0.1, -0.05) is 30.3 Å². The normalized spacial score (nSPS) is 16.3. The predicted octanol–water partition coefficient (Wildman–Crippen LogP) is 2.36. The number of ether oxygens (including phenoxy) is 1. The Balaban J connectivity index is 1.86. The predicted molar refractivity (Wildman–Crippen MR) is 81.7 cm³/mol. The molecule has 1 aliphatic carbocycles. The van der Waals surface area contributed by atoms with E-state index in [-0.39, 0.29) is 12.5 Å². The molecule has 116 valence electrons. The summed E-state index contributed by atoms with van der Waals surface area (Å²) in [4.78, 5) is 14.4. The summed E-state index contributed by atoms with van der Waals surface area (Å²) in [5, 5.41) is 8.99. The lowest BCUT2D eigenvalue weighted by Crippen LogP contribution is -2.49. The van der Waals surface area contributed by atoms with Crippen LogP contribution < -0.4 is 0 Å². The molecule has 1 N–H and O–H groups in total. The van der Waals surface area contributed by atoms with Crippen LogP contribution in [0.25, 0.3) is 0 Å². The number of carbonyl (C=O) groups is 1. The van der Waals surface area contributed by atoms with Crippen LogP contribution in [0.5, 0.6) is 0 Å². The Morgan fingerprint density at radius 3 is 2.67 bits per heavy atom. The van der Waals surface area contributed by atoms with Gasteiger partial charge in [-0.05, 0) is 38.2 Å². The third-order valence-electron chi connectivity index (χ3n) is 4.05. The molecule has 21 heavy (non-hydrogen) atoms. The van der Waals surface area contributed by atoms with Crippen LogP contribution in [-0.4, -0.2) is 41.2 Å². The molecule has 1 saturated carbocycles. The van der Waals surface area contributed by atoms with Crippen molar-refractivity contribution in [2.24, 2.45) is 0 Å². The number of carbonyl (C=O) groups excluding carboxylic acids is 1. The maximum atomic E-state index is 12.5. The molecule has 1 aromatic rings. The largest absolute Gasteiger partial charge is 0.396 e. The summed E-state index contributed by atoms with van der Waals surface area (Å²) >= 11 is 0. The fraction of sp³-hybridized carbons (Fsp3) is 0.588. The van der Waals surface area contributed by atoms with E-state index in [0.29, 0.717) is 25.6 Å². The monoisotopic (exact) mass is 291 g/mol. The van der Waals surface area contributed by atoms with Crippen molar-refractivity contribution in [1.29, 1.82) is 0 Å². The van der Waals surface area contributed by atoms with E-state index < -0.39 is 6.10 Å². The number of rotatable bonds is 8. The van der Waals surface area contributed by atoms with E-state index in [4.69, 9.17) is 9.84 Å². The van der Waals surface area contributed by atoms with Crippen molar-refractivity contribution in [2.75, 3.05) is 13.2 Å². The molecular formula is C17H25NO3. The van der Waals surface area contributed by atoms with Crippen molar-refractivity contribution in [3.8, 4) is 0 Å². The molecular weight excluding hydrogens is 266 g/mol. The quantitative estimate of drug-likeness (QED) is 0.800. The average molecular weight is 291 g/mol. The molecule has 0 spiro atoms. The second-order valence-electron chi connectivity index (χ2n) is 5.63. The molecule has 2 rings (SSSR count). The molecule has 0 heterocycles. The Morgan fingerprint density at radius 1 is 1.38 bits per heavy atom. The number of nitrogens with zero attached hydrogens (tertiary/aromatic N) is 1. The lowest BCUT2D eigenvalue weighted by molar-refractivity contribution is -0.147. The van der Waals surface area contributed by atoms with Gasteiger partial charge in [-0.15, -0.1) is 0 Å². The van der Waals surface area contributed by atoms with Crippen molar-refractivity contribution in [3.05, 3.63) is 35.9 Å². The van der Waals surface area contributed by atoms with Gasteiger partial charge in [-0.3, -0.25) is 4.79 Å². The molecule has 4 heteroatoms. The lowest BCUT2D eigenvalue weighted by Gasteiger charge is -2.38. The standard InChI is InChI=1S/C17H25NO3/c1-14(21-13-15-7-3-2-4-8-15)17(20)18(11-6-12-19)16-9-5-10-16/h2-4,7-8,14,16,19H,5-6,9-13H2,1H3. The fourth-order valence-electron chi connectivity index (χ4n) is 2.51. The highest BCUT2D eigenvalue weighted by Crippen LogP contribution is 2.26. The molecule has 4 nitrogen and oxygen atoms in total. The number of benzene rings is 1. The van der Waals surface area contributed by atoms with E-state index in [1.807, 2.05) is 42.2 Å². The Labute approximate surface area is 126 Å². The van der Waals surface area contributed by atoms with Crippen LogP contribution in [0.4, 0.5) is 0 Å². The van der Waals surface area contributed by atoms with E-state index in [9.17, 15) is 4.79 Å². The molecule has 0 aliphatic heterocycles. The Hall–Kier alpha value is -1.39. The molecule has 1 fully saturated rings. The van der Waals surface area contributed by atoms with Crippen molar-refractivity contribution < 1.29 is 14.6 Å². The highest BCUT2D eigenvalue weighted by molar-refractivity contribution is 5.81. The Kier molecular flexibility index (Phi) is 6.21. The SMILES string of the molecule is CC(OCc1ccccc1)C(=O)N(CCCO)C1CCC1. The van der Waals surface area contributed by atoms with Crippen molar-refractivity contribution in [2.45, 2.75) is 51.4 Å². The smallest absolute Gasteiger partial charge is 0.251 e. The van der Waals surface area contributed by atoms with Gasteiger partial charge < -0.3 is 14.7 Å². The van der Waals surface area contributed by atoms with Crippen LogP contribution >= 0.6 is 0 Å². The van der Waals surface area contributed by atoms with Crippen LogP contribution in [0.1, 0.15) is 38.2 Å². The van der Waals surface area contributed by atoms with Gasteiger partial charge in [0.2, 0.25) is 0 Å². The van der Waals surface area contributed by atoms with Crippen molar-refractivity contribution in [1.82, 2.24) is 4.90 Å². The van der Waals surface area contributed by atoms with E-state index in [2.05, 4.69) is 0 Å². The lowest BCUT2D eigenvalue weighted by atomic mass is 9.91. The van der Waals surface area contributed by atoms with Gasteiger partial charge in [-0.2, -0.15) is 0 Å². The number of hydrogen-bond donors (Lipinski definition) is 1. The zero-order valence-corrected chi connectivity index (χ0v) is 12.7. The van der Waals surface area contributed by atoms with Crippen molar-refractivity contribution >= 4 is 5.91 Å². The second-order valence-corrected chi connectivity index (χ2v) is 5.63. The average Bonchev–Trinajstić information content (AvgIpc) is 2.47. The molecule has 0 aromatic heterocycles. The van der Waals surface area contributed by atoms with Crippen LogP contribution in [0.3, 0.4) is 0 Å². The van der Waals surface area contributed by atoms with E-state index in [1.165, 1.54) is 6.42 Å². The van der Waals surface area contributed by atoms with Gasteiger partial charge >= 0.3 is 0 Å². The van der Waals surface area contributed by atoms with Crippen LogP contribution in [0.2, 0.25) is 0 Å². The van der Waals surface area contributed by atoms with Gasteiger partial charge in [0.15, 0.2) is 0 Å². The summed E-state index contributed by atoms with van der Waals surface area (Å²) in [6.45, 7) is 3.01. The summed E-state index contributed by atoms with van der Waals surface area (Å²) in [5.74, 6) is 0.0454. The fourth-order valence-corrected chi connectivity index (χ4v) is 2.51. The summed E-state index contributed by atoms with van der Waals surface area (Å²) < 4.78 is 5.72. The first-order chi connectivity index (χ1) is 10.2. The number of aliphatic hydroxyl groups excluding tert-OH is 1. The van der Waals surface area contributed by atoms with E-state index in [0.717, 1.165) is 18.4 Å². The zero-order chi connectivity index (χ0) is 15.1. The Morgan fingerprint density at radius 2 is 2.10 bits per heavy atom. The van der Waals surface area contributed by atoms with Gasteiger partial charge in [0.25, 0.3) is 5.91 Å². The van der Waals surface area contributed by atoms with E-state index in [1.54, 1.807) is 0 Å². The third-order valence-corrected chi connectivity index (χ3v) is 4.05. The summed E-state index contributed by atoms with van der Waals surface area (Å²) in [6, 6.07) is 10.2. The molecule has 0 radical (unpaired) electrons. The highest BCUT2D eigenvalue weighted by Gasteiger charge is 2.31. The minimum atomic E-state index is -0.440. The van der Waals surface area contributed by atoms with Gasteiger partial charge in [0.05, 0.1) is 6.61 Å². The second kappa shape index (κ2) is 8.15. The number of aliphatic hydroxyl groups is 1. The van der Waals surface area contributed by atoms with Gasteiger partial charge in [-0.25, -0.2) is 0 Å². The zero-order valence-electron chi connectivity index (χ0n) is 12.7. The first-order valence-corrected chi connectivity index (χ1v) is 7.79. The van der Waals surface area contributed by atoms with Crippen LogP contribution in [0.15, 0.2) is 30.3 Å². The molecule has 0 bridgehead atoms. The maximum Gasteiger partial charge on any atom is 0.251 e. The molecule has 0 saturated heterocycles. The molecule has 1 aliphatic rings. The van der Waals surface area contributed by atoms with Gasteiger partial charge in [0, 0.05) is 19.2 Å². The van der Waals surface area contributed by atoms with Crippen LogP contribution in [-0.2, 0) is 16.1 Å². The summed E-state index contributed by atoms with van der Waals surface area (Å²) in [5.41, 5.74) is 1.07. The molecule has 1 unspecified atom stereocenters. The number of amides is 1. The molecule has 1 amide bonds. The van der Waals surface area contributed by atoms with Crippen LogP contribution in [0, 0.1) is 0 Å². The third kappa shape index (κ3) is 4.55. The first kappa shape index (κ1) is 16.0. The van der Waals surface area contributed by atoms with Crippen molar-refractivity contribution in [3.63, 3.8) is 0 Å². The topological polar surface area (TPSA) is 49.8 Å².